The predicted molar refractivity (Wildman–Crippen MR) is 97.5 cm³/mol. The number of benzene rings is 2. The van der Waals surface area contributed by atoms with E-state index in [2.05, 4.69) is 4.98 Å². The van der Waals surface area contributed by atoms with Gasteiger partial charge in [-0.2, -0.15) is 0 Å². The number of hydrogen-bond acceptors (Lipinski definition) is 4. The fourth-order valence-electron chi connectivity index (χ4n) is 2.46. The second-order valence-corrected chi connectivity index (χ2v) is 6.79. The molecule has 0 atom stereocenters. The molecule has 0 aliphatic carbocycles. The maximum atomic E-state index is 13.1. The van der Waals surface area contributed by atoms with Gasteiger partial charge >= 0.3 is 0 Å². The van der Waals surface area contributed by atoms with E-state index in [0.29, 0.717) is 34.8 Å². The normalized spacial score (nSPS) is 11.0. The molecule has 3 rings (SSSR count). The molecular formula is C19H17FN2O2S. The summed E-state index contributed by atoms with van der Waals surface area (Å²) < 4.78 is 14.7. The standard InChI is InChI=1S/C19H17FN2O2S/c1-13(23)10-11-25-19-21-17-5-3-2-4-16(17)18(24)22(19)12-14-6-8-15(20)9-7-14/h2-9H,10-12H2,1H3. The zero-order chi connectivity index (χ0) is 17.8. The van der Waals surface area contributed by atoms with Crippen LogP contribution in [0.15, 0.2) is 58.5 Å². The first-order chi connectivity index (χ1) is 12.0. The maximum Gasteiger partial charge on any atom is 0.262 e. The summed E-state index contributed by atoms with van der Waals surface area (Å²) in [5.74, 6) is 0.341. The monoisotopic (exact) mass is 356 g/mol. The molecule has 2 aromatic carbocycles. The molecule has 1 heterocycles. The number of rotatable bonds is 6. The van der Waals surface area contributed by atoms with Crippen molar-refractivity contribution in [3.8, 4) is 0 Å². The molecule has 1 aromatic heterocycles. The van der Waals surface area contributed by atoms with Crippen molar-refractivity contribution >= 4 is 28.4 Å². The third kappa shape index (κ3) is 4.14. The lowest BCUT2D eigenvalue weighted by Crippen LogP contribution is -2.24. The second-order valence-electron chi connectivity index (χ2n) is 5.73. The van der Waals surface area contributed by atoms with E-state index in [1.807, 2.05) is 6.07 Å². The molecule has 6 heteroatoms. The molecule has 0 amide bonds. The van der Waals surface area contributed by atoms with Crippen LogP contribution >= 0.6 is 11.8 Å². The number of halogens is 1. The van der Waals surface area contributed by atoms with E-state index in [4.69, 9.17) is 0 Å². The van der Waals surface area contributed by atoms with Crippen molar-refractivity contribution < 1.29 is 9.18 Å². The van der Waals surface area contributed by atoms with Crippen LogP contribution in [0.3, 0.4) is 0 Å². The number of fused-ring (bicyclic) bond motifs is 1. The second kappa shape index (κ2) is 7.61. The minimum absolute atomic E-state index is 0.0979. The minimum Gasteiger partial charge on any atom is -0.300 e. The number of ketones is 1. The number of nitrogens with zero attached hydrogens (tertiary/aromatic N) is 2. The lowest BCUT2D eigenvalue weighted by Gasteiger charge is -2.13. The first-order valence-electron chi connectivity index (χ1n) is 7.91. The number of carbonyl (C=O) groups is 1. The van der Waals surface area contributed by atoms with Crippen molar-refractivity contribution in [1.82, 2.24) is 9.55 Å². The van der Waals surface area contributed by atoms with Crippen molar-refractivity contribution in [3.05, 3.63) is 70.3 Å². The molecule has 0 fully saturated rings. The van der Waals surface area contributed by atoms with Crippen LogP contribution in [0.25, 0.3) is 10.9 Å². The van der Waals surface area contributed by atoms with Gasteiger partial charge in [0.05, 0.1) is 17.4 Å². The SMILES string of the molecule is CC(=O)CCSc1nc2ccccc2c(=O)n1Cc1ccc(F)cc1. The highest BCUT2D eigenvalue weighted by Crippen LogP contribution is 2.20. The van der Waals surface area contributed by atoms with Crippen LogP contribution in [-0.4, -0.2) is 21.1 Å². The van der Waals surface area contributed by atoms with Crippen LogP contribution in [0.2, 0.25) is 0 Å². The smallest absolute Gasteiger partial charge is 0.262 e. The summed E-state index contributed by atoms with van der Waals surface area (Å²) in [4.78, 5) is 28.7. The molecule has 0 saturated carbocycles. The van der Waals surface area contributed by atoms with Crippen molar-refractivity contribution in [2.24, 2.45) is 0 Å². The van der Waals surface area contributed by atoms with Gasteiger partial charge in [0.15, 0.2) is 5.16 Å². The fraction of sp³-hybridized carbons (Fsp3) is 0.211. The molecule has 4 nitrogen and oxygen atoms in total. The Kier molecular flexibility index (Phi) is 5.28. The largest absolute Gasteiger partial charge is 0.300 e. The van der Waals surface area contributed by atoms with Crippen LogP contribution in [0.1, 0.15) is 18.9 Å². The average molecular weight is 356 g/mol. The summed E-state index contributed by atoms with van der Waals surface area (Å²) in [5, 5.41) is 1.11. The lowest BCUT2D eigenvalue weighted by atomic mass is 10.2. The van der Waals surface area contributed by atoms with Gasteiger partial charge in [-0.05, 0) is 36.8 Å². The average Bonchev–Trinajstić information content (AvgIpc) is 2.59. The highest BCUT2D eigenvalue weighted by atomic mass is 32.2. The van der Waals surface area contributed by atoms with E-state index in [-0.39, 0.29) is 17.2 Å². The molecule has 0 N–H and O–H groups in total. The molecule has 0 radical (unpaired) electrons. The summed E-state index contributed by atoms with van der Waals surface area (Å²) in [7, 11) is 0. The van der Waals surface area contributed by atoms with Crippen LogP contribution < -0.4 is 5.56 Å². The zero-order valence-corrected chi connectivity index (χ0v) is 14.6. The Bertz CT molecular complexity index is 967. The number of para-hydroxylation sites is 1. The van der Waals surface area contributed by atoms with Gasteiger partial charge in [-0.3, -0.25) is 14.2 Å². The van der Waals surface area contributed by atoms with E-state index in [1.54, 1.807) is 41.8 Å². The maximum absolute atomic E-state index is 13.1. The van der Waals surface area contributed by atoms with E-state index in [1.165, 1.54) is 23.9 Å². The molecule has 0 bridgehead atoms. The molecule has 0 spiro atoms. The minimum atomic E-state index is -0.316. The highest BCUT2D eigenvalue weighted by molar-refractivity contribution is 7.99. The van der Waals surface area contributed by atoms with E-state index < -0.39 is 0 Å². The molecule has 0 aliphatic rings. The Hall–Kier alpha value is -2.47. The zero-order valence-electron chi connectivity index (χ0n) is 13.7. The van der Waals surface area contributed by atoms with Gasteiger partial charge < -0.3 is 0 Å². The number of thioether (sulfide) groups is 1. The van der Waals surface area contributed by atoms with Gasteiger partial charge in [0, 0.05) is 12.2 Å². The number of carbonyl (C=O) groups excluding carboxylic acids is 1. The number of Topliss-reactive ketones (excluding diaryl/α,β-unsaturated/α-hetero) is 1. The summed E-state index contributed by atoms with van der Waals surface area (Å²) >= 11 is 1.38. The first kappa shape index (κ1) is 17.4. The molecule has 3 aromatic rings. The Morgan fingerprint density at radius 2 is 1.88 bits per heavy atom. The van der Waals surface area contributed by atoms with Crippen molar-refractivity contribution in [3.63, 3.8) is 0 Å². The van der Waals surface area contributed by atoms with Gasteiger partial charge in [-0.25, -0.2) is 9.37 Å². The van der Waals surface area contributed by atoms with Crippen molar-refractivity contribution in [1.29, 1.82) is 0 Å². The number of aromatic nitrogens is 2. The van der Waals surface area contributed by atoms with Gasteiger partial charge in [0.2, 0.25) is 0 Å². The Morgan fingerprint density at radius 3 is 2.60 bits per heavy atom. The molecule has 128 valence electrons. The van der Waals surface area contributed by atoms with E-state index in [9.17, 15) is 14.0 Å². The lowest BCUT2D eigenvalue weighted by molar-refractivity contribution is -0.116. The van der Waals surface area contributed by atoms with E-state index >= 15 is 0 Å². The quantitative estimate of drug-likeness (QED) is 0.500. The molecule has 0 unspecified atom stereocenters. The third-order valence-corrected chi connectivity index (χ3v) is 4.74. The fourth-order valence-corrected chi connectivity index (χ4v) is 3.49. The van der Waals surface area contributed by atoms with Gasteiger partial charge in [0.25, 0.3) is 5.56 Å². The molecule has 0 saturated heterocycles. The third-order valence-electron chi connectivity index (χ3n) is 3.77. The predicted octanol–water partition coefficient (Wildman–Crippen LogP) is 3.66. The van der Waals surface area contributed by atoms with Gasteiger partial charge in [0.1, 0.15) is 11.6 Å². The van der Waals surface area contributed by atoms with Crippen LogP contribution in [-0.2, 0) is 11.3 Å². The Labute approximate surface area is 148 Å². The van der Waals surface area contributed by atoms with Crippen LogP contribution in [0, 0.1) is 5.82 Å². The number of hydrogen-bond donors (Lipinski definition) is 0. The van der Waals surface area contributed by atoms with Gasteiger partial charge in [-0.15, -0.1) is 0 Å². The molecular weight excluding hydrogens is 339 g/mol. The highest BCUT2D eigenvalue weighted by Gasteiger charge is 2.12. The summed E-state index contributed by atoms with van der Waals surface area (Å²) in [5.41, 5.74) is 1.31. The Balaban J connectivity index is 2.02. The molecule has 25 heavy (non-hydrogen) atoms. The van der Waals surface area contributed by atoms with Gasteiger partial charge in [-0.1, -0.05) is 36.0 Å². The van der Waals surface area contributed by atoms with Crippen LogP contribution in [0.5, 0.6) is 0 Å². The topological polar surface area (TPSA) is 52.0 Å². The van der Waals surface area contributed by atoms with E-state index in [0.717, 1.165) is 5.56 Å². The first-order valence-corrected chi connectivity index (χ1v) is 8.89. The molecule has 0 aliphatic heterocycles. The van der Waals surface area contributed by atoms with Crippen molar-refractivity contribution in [2.75, 3.05) is 5.75 Å². The summed E-state index contributed by atoms with van der Waals surface area (Å²) in [6, 6.07) is 13.2. The van der Waals surface area contributed by atoms with Crippen molar-refractivity contribution in [2.45, 2.75) is 25.0 Å². The Morgan fingerprint density at radius 1 is 1.16 bits per heavy atom. The van der Waals surface area contributed by atoms with Crippen LogP contribution in [0.4, 0.5) is 4.39 Å². The summed E-state index contributed by atoms with van der Waals surface area (Å²) in [6.07, 6.45) is 0.421. The summed E-state index contributed by atoms with van der Waals surface area (Å²) in [6.45, 7) is 1.85.